The minimum absolute atomic E-state index is 0.116. The van der Waals surface area contributed by atoms with Gasteiger partial charge in [-0.3, -0.25) is 4.79 Å². The molecule has 0 unspecified atom stereocenters. The highest BCUT2D eigenvalue weighted by atomic mass is 32.1. The molecule has 0 spiro atoms. The molecule has 3 rings (SSSR count). The third-order valence-corrected chi connectivity index (χ3v) is 4.78. The van der Waals surface area contributed by atoms with Gasteiger partial charge in [-0.15, -0.1) is 11.3 Å². The van der Waals surface area contributed by atoms with Gasteiger partial charge in [0.1, 0.15) is 11.2 Å². The molecule has 0 bridgehead atoms. The molecule has 8 heteroatoms. The van der Waals surface area contributed by atoms with Crippen LogP contribution in [0, 0.1) is 13.8 Å². The third-order valence-electron chi connectivity index (χ3n) is 3.66. The number of rotatable bonds is 2. The van der Waals surface area contributed by atoms with Crippen LogP contribution >= 0.6 is 11.3 Å². The quantitative estimate of drug-likeness (QED) is 0.656. The normalized spacial score (nSPS) is 12.4. The Morgan fingerprint density at radius 3 is 2.67 bits per heavy atom. The predicted molar refractivity (Wildman–Crippen MR) is 87.8 cm³/mol. The number of aromatic nitrogens is 2. The summed E-state index contributed by atoms with van der Waals surface area (Å²) in [6, 6.07) is 5.05. The number of alkyl halides is 3. The number of hydrogen-bond acceptors (Lipinski definition) is 4. The molecule has 0 N–H and O–H groups in total. The van der Waals surface area contributed by atoms with E-state index >= 15 is 0 Å². The van der Waals surface area contributed by atoms with E-state index in [2.05, 4.69) is 10.1 Å². The van der Waals surface area contributed by atoms with Gasteiger partial charge in [-0.2, -0.15) is 22.9 Å². The number of aryl methyl sites for hydroxylation is 2. The van der Waals surface area contributed by atoms with Crippen molar-refractivity contribution in [1.29, 1.82) is 0 Å². The first-order valence-electron chi connectivity index (χ1n) is 6.97. The van der Waals surface area contributed by atoms with Crippen LogP contribution in [-0.2, 0) is 6.18 Å². The second-order valence-electron chi connectivity index (χ2n) is 5.19. The number of halogens is 3. The Labute approximate surface area is 138 Å². The van der Waals surface area contributed by atoms with Gasteiger partial charge in [0.2, 0.25) is 0 Å². The van der Waals surface area contributed by atoms with Crippen LogP contribution in [0.4, 0.5) is 13.2 Å². The average molecular weight is 351 g/mol. The summed E-state index contributed by atoms with van der Waals surface area (Å²) < 4.78 is 39.9. The summed E-state index contributed by atoms with van der Waals surface area (Å²) in [7, 11) is 0. The van der Waals surface area contributed by atoms with Gasteiger partial charge in [-0.25, -0.2) is 4.98 Å². The van der Waals surface area contributed by atoms with Gasteiger partial charge in [0.05, 0.1) is 17.2 Å². The van der Waals surface area contributed by atoms with Gasteiger partial charge in [0, 0.05) is 10.4 Å². The van der Waals surface area contributed by atoms with E-state index in [1.54, 1.807) is 0 Å². The molecule has 0 amide bonds. The highest BCUT2D eigenvalue weighted by Gasteiger charge is 2.32. The summed E-state index contributed by atoms with van der Waals surface area (Å²) in [5.74, 6) is 0. The summed E-state index contributed by atoms with van der Waals surface area (Å²) in [6.45, 7) is 3.69. The summed E-state index contributed by atoms with van der Waals surface area (Å²) in [4.78, 5) is 18.2. The molecule has 124 valence electrons. The topological polar surface area (TPSA) is 47.2 Å². The maximum absolute atomic E-state index is 13.0. The zero-order valence-corrected chi connectivity index (χ0v) is 13.6. The molecule has 4 nitrogen and oxygen atoms in total. The van der Waals surface area contributed by atoms with Crippen LogP contribution in [0.1, 0.15) is 21.6 Å². The van der Waals surface area contributed by atoms with Crippen molar-refractivity contribution >= 4 is 27.8 Å². The van der Waals surface area contributed by atoms with Gasteiger partial charge in [-0.1, -0.05) is 18.2 Å². The molecule has 0 aliphatic carbocycles. The number of nitrogens with zero attached hydrogens (tertiary/aromatic N) is 3. The molecule has 24 heavy (non-hydrogen) atoms. The van der Waals surface area contributed by atoms with Gasteiger partial charge >= 0.3 is 6.18 Å². The molecule has 0 radical (unpaired) electrons. The predicted octanol–water partition coefficient (Wildman–Crippen LogP) is 3.98. The number of fused-ring (bicyclic) bond motifs is 1. The maximum Gasteiger partial charge on any atom is 0.417 e. The minimum Gasteiger partial charge on any atom is -0.267 e. The van der Waals surface area contributed by atoms with E-state index in [1.807, 2.05) is 13.8 Å². The molecule has 2 aromatic heterocycles. The Bertz CT molecular complexity index is 1000. The van der Waals surface area contributed by atoms with Crippen LogP contribution in [0.15, 0.2) is 40.5 Å². The SMILES string of the molecule is Cc1sc2ncn(/N=C\c3ccccc3C(F)(F)F)c(=O)c2c1C. The first-order chi connectivity index (χ1) is 11.3. The van der Waals surface area contributed by atoms with Gasteiger partial charge in [0.15, 0.2) is 0 Å². The van der Waals surface area contributed by atoms with Crippen molar-refractivity contribution in [3.63, 3.8) is 0 Å². The Morgan fingerprint density at radius 2 is 1.96 bits per heavy atom. The first-order valence-corrected chi connectivity index (χ1v) is 7.78. The van der Waals surface area contributed by atoms with E-state index in [0.29, 0.717) is 10.2 Å². The molecule has 0 aliphatic rings. The highest BCUT2D eigenvalue weighted by Crippen LogP contribution is 2.31. The average Bonchev–Trinajstić information content (AvgIpc) is 2.81. The van der Waals surface area contributed by atoms with Crippen LogP contribution in [-0.4, -0.2) is 15.9 Å². The van der Waals surface area contributed by atoms with E-state index < -0.39 is 17.3 Å². The lowest BCUT2D eigenvalue weighted by atomic mass is 10.1. The fraction of sp³-hybridized carbons (Fsp3) is 0.188. The standard InChI is InChI=1S/C16H12F3N3OS/c1-9-10(2)24-14-13(9)15(23)22(8-20-14)21-7-11-5-3-4-6-12(11)16(17,18)19/h3-8H,1-2H3/b21-7-. The zero-order chi connectivity index (χ0) is 17.5. The molecule has 0 saturated heterocycles. The van der Waals surface area contributed by atoms with Crippen molar-refractivity contribution < 1.29 is 13.2 Å². The number of thiophene rings is 1. The van der Waals surface area contributed by atoms with Crippen molar-refractivity contribution in [2.75, 3.05) is 0 Å². The molecule has 0 aliphatic heterocycles. The molecule has 0 saturated carbocycles. The van der Waals surface area contributed by atoms with Crippen molar-refractivity contribution in [1.82, 2.24) is 9.66 Å². The highest BCUT2D eigenvalue weighted by molar-refractivity contribution is 7.18. The second kappa shape index (κ2) is 5.86. The van der Waals surface area contributed by atoms with E-state index in [4.69, 9.17) is 0 Å². The Morgan fingerprint density at radius 1 is 1.25 bits per heavy atom. The molecular weight excluding hydrogens is 339 g/mol. The van der Waals surface area contributed by atoms with Gasteiger partial charge < -0.3 is 0 Å². The molecule has 0 fully saturated rings. The lowest BCUT2D eigenvalue weighted by Gasteiger charge is -2.09. The molecule has 3 aromatic rings. The Kier molecular flexibility index (Phi) is 4.00. The fourth-order valence-corrected chi connectivity index (χ4v) is 3.29. The zero-order valence-electron chi connectivity index (χ0n) is 12.8. The smallest absolute Gasteiger partial charge is 0.267 e. The van der Waals surface area contributed by atoms with Crippen LogP contribution < -0.4 is 5.56 Å². The van der Waals surface area contributed by atoms with Crippen LogP contribution in [0.5, 0.6) is 0 Å². The fourth-order valence-electron chi connectivity index (χ4n) is 2.30. The largest absolute Gasteiger partial charge is 0.417 e. The molecule has 2 heterocycles. The second-order valence-corrected chi connectivity index (χ2v) is 6.39. The monoisotopic (exact) mass is 351 g/mol. The summed E-state index contributed by atoms with van der Waals surface area (Å²) in [6.07, 6.45) is -2.25. The maximum atomic E-state index is 13.0. The Balaban J connectivity index is 2.08. The molecular formula is C16H12F3N3OS. The molecule has 1 aromatic carbocycles. The Hall–Kier alpha value is -2.48. The van der Waals surface area contributed by atoms with Crippen LogP contribution in [0.2, 0.25) is 0 Å². The molecule has 0 atom stereocenters. The van der Waals surface area contributed by atoms with E-state index in [1.165, 1.54) is 35.9 Å². The van der Waals surface area contributed by atoms with Crippen molar-refractivity contribution in [2.24, 2.45) is 5.10 Å². The van der Waals surface area contributed by atoms with E-state index in [0.717, 1.165) is 27.4 Å². The third kappa shape index (κ3) is 2.84. The summed E-state index contributed by atoms with van der Waals surface area (Å²) >= 11 is 1.40. The van der Waals surface area contributed by atoms with Crippen molar-refractivity contribution in [3.8, 4) is 0 Å². The lowest BCUT2D eigenvalue weighted by Crippen LogP contribution is -2.17. The lowest BCUT2D eigenvalue weighted by molar-refractivity contribution is -0.137. The summed E-state index contributed by atoms with van der Waals surface area (Å²) in [5.41, 5.74) is -0.510. The number of hydrogen-bond donors (Lipinski definition) is 0. The van der Waals surface area contributed by atoms with E-state index in [9.17, 15) is 18.0 Å². The minimum atomic E-state index is -4.49. The van der Waals surface area contributed by atoms with Crippen LogP contribution in [0.25, 0.3) is 10.2 Å². The summed E-state index contributed by atoms with van der Waals surface area (Å²) in [5, 5.41) is 4.32. The van der Waals surface area contributed by atoms with Crippen molar-refractivity contribution in [3.05, 3.63) is 62.5 Å². The van der Waals surface area contributed by atoms with E-state index in [-0.39, 0.29) is 5.56 Å². The first kappa shape index (κ1) is 16.4. The van der Waals surface area contributed by atoms with Crippen LogP contribution in [0.3, 0.4) is 0 Å². The number of benzene rings is 1. The van der Waals surface area contributed by atoms with Gasteiger partial charge in [-0.05, 0) is 25.5 Å². The van der Waals surface area contributed by atoms with Crippen molar-refractivity contribution in [2.45, 2.75) is 20.0 Å². The van der Waals surface area contributed by atoms with Gasteiger partial charge in [0.25, 0.3) is 5.56 Å².